The molecule has 0 N–H and O–H groups in total. The number of fused-ring (bicyclic) bond motifs is 1. The molecule has 0 bridgehead atoms. The van der Waals surface area contributed by atoms with Crippen LogP contribution in [0, 0.1) is 6.92 Å². The number of benzene rings is 2. The number of rotatable bonds is 1. The van der Waals surface area contributed by atoms with Crippen molar-refractivity contribution in [1.29, 1.82) is 0 Å². The van der Waals surface area contributed by atoms with E-state index in [9.17, 15) is 13.2 Å². The molecule has 0 saturated heterocycles. The maximum absolute atomic E-state index is 12.8. The molecule has 104 valence electrons. The van der Waals surface area contributed by atoms with E-state index in [0.717, 1.165) is 35.8 Å². The summed E-state index contributed by atoms with van der Waals surface area (Å²) in [6.45, 7) is 2.71. The molecule has 3 rings (SSSR count). The van der Waals surface area contributed by atoms with E-state index >= 15 is 0 Å². The lowest BCUT2D eigenvalue weighted by Gasteiger charge is -2.20. The van der Waals surface area contributed by atoms with E-state index in [2.05, 4.69) is 0 Å². The van der Waals surface area contributed by atoms with E-state index in [0.29, 0.717) is 5.69 Å². The van der Waals surface area contributed by atoms with Gasteiger partial charge in [0.05, 0.1) is 5.56 Å². The van der Waals surface area contributed by atoms with Crippen molar-refractivity contribution in [1.82, 2.24) is 0 Å². The van der Waals surface area contributed by atoms with Crippen LogP contribution in [-0.2, 0) is 12.6 Å². The van der Waals surface area contributed by atoms with Gasteiger partial charge in [-0.3, -0.25) is 0 Å². The quantitative estimate of drug-likeness (QED) is 0.729. The van der Waals surface area contributed by atoms with Crippen molar-refractivity contribution in [2.45, 2.75) is 19.5 Å². The van der Waals surface area contributed by atoms with Gasteiger partial charge < -0.3 is 4.90 Å². The van der Waals surface area contributed by atoms with Gasteiger partial charge in [-0.1, -0.05) is 23.8 Å². The number of hydrogen-bond donors (Lipinski definition) is 0. The van der Waals surface area contributed by atoms with Crippen molar-refractivity contribution < 1.29 is 13.2 Å². The van der Waals surface area contributed by atoms with Crippen molar-refractivity contribution in [3.8, 4) is 0 Å². The summed E-state index contributed by atoms with van der Waals surface area (Å²) in [4.78, 5) is 1.95. The average molecular weight is 277 g/mol. The summed E-state index contributed by atoms with van der Waals surface area (Å²) in [6, 6.07) is 11.9. The van der Waals surface area contributed by atoms with Gasteiger partial charge in [-0.25, -0.2) is 0 Å². The molecule has 0 radical (unpaired) electrons. The number of nitrogens with zero attached hydrogens (tertiary/aromatic N) is 1. The van der Waals surface area contributed by atoms with Crippen molar-refractivity contribution in [3.05, 3.63) is 59.2 Å². The zero-order chi connectivity index (χ0) is 14.3. The lowest BCUT2D eigenvalue weighted by atomic mass is 10.1. The van der Waals surface area contributed by atoms with Crippen LogP contribution in [0.15, 0.2) is 42.5 Å². The highest BCUT2D eigenvalue weighted by molar-refractivity contribution is 5.70. The van der Waals surface area contributed by atoms with Crippen LogP contribution in [0.3, 0.4) is 0 Å². The fourth-order valence-corrected chi connectivity index (χ4v) is 2.55. The second-order valence-electron chi connectivity index (χ2n) is 5.08. The molecule has 2 aromatic carbocycles. The van der Waals surface area contributed by atoms with E-state index in [1.54, 1.807) is 6.07 Å². The van der Waals surface area contributed by atoms with Gasteiger partial charge in [0.15, 0.2) is 0 Å². The van der Waals surface area contributed by atoms with Crippen LogP contribution in [0.1, 0.15) is 16.7 Å². The van der Waals surface area contributed by atoms with Crippen LogP contribution < -0.4 is 4.90 Å². The van der Waals surface area contributed by atoms with Gasteiger partial charge in [-0.15, -0.1) is 0 Å². The second-order valence-corrected chi connectivity index (χ2v) is 5.08. The van der Waals surface area contributed by atoms with Crippen LogP contribution in [0.25, 0.3) is 0 Å². The first-order valence-corrected chi connectivity index (χ1v) is 6.49. The van der Waals surface area contributed by atoms with Crippen LogP contribution in [0.4, 0.5) is 24.5 Å². The van der Waals surface area contributed by atoms with Crippen molar-refractivity contribution in [2.75, 3.05) is 11.4 Å². The lowest BCUT2D eigenvalue weighted by molar-refractivity contribution is -0.137. The Morgan fingerprint density at radius 2 is 1.70 bits per heavy atom. The third-order valence-corrected chi connectivity index (χ3v) is 3.65. The zero-order valence-corrected chi connectivity index (χ0v) is 11.0. The van der Waals surface area contributed by atoms with Gasteiger partial charge in [-0.05, 0) is 43.2 Å². The van der Waals surface area contributed by atoms with E-state index in [4.69, 9.17) is 0 Å². The molecular formula is C16H14F3N. The van der Waals surface area contributed by atoms with E-state index < -0.39 is 11.7 Å². The summed E-state index contributed by atoms with van der Waals surface area (Å²) in [5.41, 5.74) is 3.13. The number of hydrogen-bond acceptors (Lipinski definition) is 1. The highest BCUT2D eigenvalue weighted by Crippen LogP contribution is 2.39. The van der Waals surface area contributed by atoms with Crippen LogP contribution in [0.2, 0.25) is 0 Å². The Bertz CT molecular complexity index is 629. The van der Waals surface area contributed by atoms with E-state index in [1.165, 1.54) is 6.07 Å². The predicted molar refractivity (Wildman–Crippen MR) is 73.3 cm³/mol. The van der Waals surface area contributed by atoms with E-state index in [-0.39, 0.29) is 0 Å². The molecule has 4 heteroatoms. The SMILES string of the molecule is Cc1ccc(N2CCc3ccc(C(F)(F)F)cc32)cc1. The summed E-state index contributed by atoms with van der Waals surface area (Å²) >= 11 is 0. The fourth-order valence-electron chi connectivity index (χ4n) is 2.55. The molecule has 1 aliphatic heterocycles. The van der Waals surface area contributed by atoms with Gasteiger partial charge in [0.25, 0.3) is 0 Å². The molecule has 0 amide bonds. The first kappa shape index (κ1) is 13.0. The Morgan fingerprint density at radius 3 is 2.35 bits per heavy atom. The summed E-state index contributed by atoms with van der Waals surface area (Å²) < 4.78 is 38.5. The highest BCUT2D eigenvalue weighted by atomic mass is 19.4. The standard InChI is InChI=1S/C16H14F3N/c1-11-2-6-14(7-3-11)20-9-8-12-4-5-13(10-15(12)20)16(17,18)19/h2-7,10H,8-9H2,1H3. The Labute approximate surface area is 115 Å². The Hall–Kier alpha value is -1.97. The monoisotopic (exact) mass is 277 g/mol. The highest BCUT2D eigenvalue weighted by Gasteiger charge is 2.32. The van der Waals surface area contributed by atoms with Gasteiger partial charge in [0.1, 0.15) is 0 Å². The van der Waals surface area contributed by atoms with Crippen LogP contribution in [-0.4, -0.2) is 6.54 Å². The van der Waals surface area contributed by atoms with Gasteiger partial charge in [-0.2, -0.15) is 13.2 Å². The molecule has 20 heavy (non-hydrogen) atoms. The summed E-state index contributed by atoms with van der Waals surface area (Å²) in [5, 5.41) is 0. The minimum absolute atomic E-state index is 0.588. The third kappa shape index (κ3) is 2.26. The molecule has 0 aliphatic carbocycles. The van der Waals surface area contributed by atoms with Crippen LogP contribution >= 0.6 is 0 Å². The average Bonchev–Trinajstić information content (AvgIpc) is 2.81. The lowest BCUT2D eigenvalue weighted by Crippen LogP contribution is -2.14. The second kappa shape index (κ2) is 4.54. The molecule has 2 aromatic rings. The van der Waals surface area contributed by atoms with Gasteiger partial charge in [0.2, 0.25) is 0 Å². The summed E-state index contributed by atoms with van der Waals surface area (Å²) in [5.74, 6) is 0. The molecule has 0 unspecified atom stereocenters. The molecule has 1 aliphatic rings. The molecule has 0 fully saturated rings. The summed E-state index contributed by atoms with van der Waals surface area (Å²) in [7, 11) is 0. The maximum atomic E-state index is 12.8. The zero-order valence-electron chi connectivity index (χ0n) is 11.0. The largest absolute Gasteiger partial charge is 0.416 e. The molecule has 0 spiro atoms. The molecule has 0 atom stereocenters. The number of anilines is 2. The number of aryl methyl sites for hydroxylation is 1. The molecular weight excluding hydrogens is 263 g/mol. The first-order valence-electron chi connectivity index (χ1n) is 6.49. The van der Waals surface area contributed by atoms with Crippen molar-refractivity contribution >= 4 is 11.4 Å². The minimum Gasteiger partial charge on any atom is -0.341 e. The molecule has 1 nitrogen and oxygen atoms in total. The van der Waals surface area contributed by atoms with E-state index in [1.807, 2.05) is 36.1 Å². The Kier molecular flexibility index (Phi) is 2.96. The Morgan fingerprint density at radius 1 is 1.00 bits per heavy atom. The number of halogens is 3. The van der Waals surface area contributed by atoms with Gasteiger partial charge >= 0.3 is 6.18 Å². The molecule has 1 heterocycles. The maximum Gasteiger partial charge on any atom is 0.416 e. The Balaban J connectivity index is 2.02. The molecule has 0 aromatic heterocycles. The normalized spacial score (nSPS) is 14.5. The predicted octanol–water partition coefficient (Wildman–Crippen LogP) is 4.71. The third-order valence-electron chi connectivity index (χ3n) is 3.65. The minimum atomic E-state index is -4.30. The topological polar surface area (TPSA) is 3.24 Å². The van der Waals surface area contributed by atoms with Crippen molar-refractivity contribution in [3.63, 3.8) is 0 Å². The molecule has 0 saturated carbocycles. The first-order chi connectivity index (χ1) is 9.45. The van der Waals surface area contributed by atoms with Crippen LogP contribution in [0.5, 0.6) is 0 Å². The summed E-state index contributed by atoms with van der Waals surface area (Å²) in [6.07, 6.45) is -3.52. The fraction of sp³-hybridized carbons (Fsp3) is 0.250. The van der Waals surface area contributed by atoms with Gasteiger partial charge in [0, 0.05) is 17.9 Å². The smallest absolute Gasteiger partial charge is 0.341 e. The van der Waals surface area contributed by atoms with Crippen molar-refractivity contribution in [2.24, 2.45) is 0 Å². The number of alkyl halides is 3.